The van der Waals surface area contributed by atoms with Gasteiger partial charge >= 0.3 is 21.6 Å². The molecule has 1 aromatic carbocycles. The van der Waals surface area contributed by atoms with Gasteiger partial charge in [0, 0.05) is 0 Å². The molecule has 120 valence electrons. The standard InChI is InChI=1S/C12H9F3O6S/c1-7(11(17)20-2)8-3-4-10(9(5-8)6-16)21-22(18,19)12(13,14)15/h3-6H,1H2,2H3. The number of ether oxygens (including phenoxy) is 1. The summed E-state index contributed by atoms with van der Waals surface area (Å²) in [5, 5.41) is 0. The van der Waals surface area contributed by atoms with Crippen LogP contribution in [0.5, 0.6) is 5.75 Å². The Morgan fingerprint density at radius 1 is 1.32 bits per heavy atom. The van der Waals surface area contributed by atoms with Crippen molar-refractivity contribution in [1.82, 2.24) is 0 Å². The lowest BCUT2D eigenvalue weighted by Gasteiger charge is -2.12. The number of carbonyl (C=O) groups excluding carboxylic acids is 2. The minimum Gasteiger partial charge on any atom is -0.465 e. The number of aldehydes is 1. The Kier molecular flexibility index (Phi) is 4.97. The lowest BCUT2D eigenvalue weighted by atomic mass is 10.0. The quantitative estimate of drug-likeness (QED) is 0.268. The van der Waals surface area contributed by atoms with Gasteiger partial charge in [0.25, 0.3) is 0 Å². The molecule has 0 amide bonds. The molecule has 0 fully saturated rings. The number of hydrogen-bond acceptors (Lipinski definition) is 6. The maximum atomic E-state index is 12.2. The Hall–Kier alpha value is -2.36. The Labute approximate surface area is 123 Å². The zero-order chi connectivity index (χ0) is 17.1. The molecule has 0 bridgehead atoms. The zero-order valence-electron chi connectivity index (χ0n) is 11.0. The summed E-state index contributed by atoms with van der Waals surface area (Å²) in [6.07, 6.45) is 0.0787. The number of halogens is 3. The predicted octanol–water partition coefficient (Wildman–Crippen LogP) is 1.91. The molecule has 0 spiro atoms. The Morgan fingerprint density at radius 3 is 2.36 bits per heavy atom. The fourth-order valence-corrected chi connectivity index (χ4v) is 1.79. The number of hydrogen-bond donors (Lipinski definition) is 0. The van der Waals surface area contributed by atoms with E-state index >= 15 is 0 Å². The van der Waals surface area contributed by atoms with E-state index in [-0.39, 0.29) is 17.4 Å². The minimum absolute atomic E-state index is 0.0608. The zero-order valence-corrected chi connectivity index (χ0v) is 11.8. The molecule has 0 saturated carbocycles. The van der Waals surface area contributed by atoms with Crippen LogP contribution in [0.3, 0.4) is 0 Å². The van der Waals surface area contributed by atoms with Crippen LogP contribution >= 0.6 is 0 Å². The van der Waals surface area contributed by atoms with Crippen molar-refractivity contribution >= 4 is 27.9 Å². The summed E-state index contributed by atoms with van der Waals surface area (Å²) >= 11 is 0. The van der Waals surface area contributed by atoms with E-state index in [2.05, 4.69) is 15.5 Å². The van der Waals surface area contributed by atoms with Crippen LogP contribution in [0.4, 0.5) is 13.2 Å². The maximum Gasteiger partial charge on any atom is 0.534 e. The normalized spacial score (nSPS) is 11.6. The fraction of sp³-hybridized carbons (Fsp3) is 0.167. The summed E-state index contributed by atoms with van der Waals surface area (Å²) in [4.78, 5) is 22.1. The van der Waals surface area contributed by atoms with Gasteiger partial charge < -0.3 is 8.92 Å². The molecule has 1 rings (SSSR count). The van der Waals surface area contributed by atoms with Gasteiger partial charge in [-0.25, -0.2) is 4.79 Å². The molecule has 0 saturated heterocycles. The Bertz CT molecular complexity index is 721. The van der Waals surface area contributed by atoms with E-state index in [9.17, 15) is 31.2 Å². The summed E-state index contributed by atoms with van der Waals surface area (Å²) < 4.78 is 66.8. The molecule has 0 radical (unpaired) electrons. The maximum absolute atomic E-state index is 12.2. The highest BCUT2D eigenvalue weighted by Crippen LogP contribution is 2.30. The van der Waals surface area contributed by atoms with Crippen molar-refractivity contribution in [1.29, 1.82) is 0 Å². The van der Waals surface area contributed by atoms with Gasteiger partial charge in [-0.1, -0.05) is 12.6 Å². The highest BCUT2D eigenvalue weighted by Gasteiger charge is 2.48. The molecule has 1 aromatic rings. The lowest BCUT2D eigenvalue weighted by Crippen LogP contribution is -2.28. The second kappa shape index (κ2) is 6.18. The first-order valence-electron chi connectivity index (χ1n) is 5.41. The molecule has 0 aliphatic rings. The minimum atomic E-state index is -5.91. The number of esters is 1. The van der Waals surface area contributed by atoms with Gasteiger partial charge in [-0.2, -0.15) is 21.6 Å². The van der Waals surface area contributed by atoms with Crippen molar-refractivity contribution in [2.24, 2.45) is 0 Å². The Morgan fingerprint density at radius 2 is 1.91 bits per heavy atom. The number of methoxy groups -OCH3 is 1. The molecule has 0 aliphatic carbocycles. The number of alkyl halides is 3. The van der Waals surface area contributed by atoms with Crippen LogP contribution in [0.15, 0.2) is 24.8 Å². The van der Waals surface area contributed by atoms with Crippen LogP contribution in [0.1, 0.15) is 15.9 Å². The molecule has 10 heteroatoms. The van der Waals surface area contributed by atoms with E-state index in [4.69, 9.17) is 0 Å². The SMILES string of the molecule is C=C(C(=O)OC)c1ccc(OS(=O)(=O)C(F)(F)F)c(C=O)c1. The molecule has 0 aromatic heterocycles. The van der Waals surface area contributed by atoms with Crippen LogP contribution in [0.25, 0.3) is 5.57 Å². The monoisotopic (exact) mass is 338 g/mol. The number of rotatable bonds is 5. The molecule has 0 unspecified atom stereocenters. The first-order chi connectivity index (χ1) is 10.0. The van der Waals surface area contributed by atoms with E-state index in [1.54, 1.807) is 0 Å². The molecular formula is C12H9F3O6S. The fourth-order valence-electron chi connectivity index (χ4n) is 1.31. The van der Waals surface area contributed by atoms with E-state index < -0.39 is 32.9 Å². The lowest BCUT2D eigenvalue weighted by molar-refractivity contribution is -0.133. The van der Waals surface area contributed by atoms with Gasteiger partial charge in [0.15, 0.2) is 12.0 Å². The van der Waals surface area contributed by atoms with Gasteiger partial charge in [-0.15, -0.1) is 0 Å². The first kappa shape index (κ1) is 17.7. The van der Waals surface area contributed by atoms with E-state index in [0.717, 1.165) is 25.3 Å². The third-order valence-electron chi connectivity index (χ3n) is 2.40. The summed E-state index contributed by atoms with van der Waals surface area (Å²) in [5.74, 6) is -1.65. The van der Waals surface area contributed by atoms with Crippen molar-refractivity contribution < 1.29 is 40.1 Å². The summed E-state index contributed by atoms with van der Waals surface area (Å²) in [6, 6.07) is 2.82. The third-order valence-corrected chi connectivity index (χ3v) is 3.37. The van der Waals surface area contributed by atoms with Gasteiger partial charge in [-0.3, -0.25) is 4.79 Å². The Balaban J connectivity index is 3.24. The van der Waals surface area contributed by atoms with Crippen molar-refractivity contribution in [3.63, 3.8) is 0 Å². The third kappa shape index (κ3) is 3.64. The van der Waals surface area contributed by atoms with Gasteiger partial charge in [0.1, 0.15) is 0 Å². The summed E-state index contributed by atoms with van der Waals surface area (Å²) in [7, 11) is -4.83. The smallest absolute Gasteiger partial charge is 0.465 e. The van der Waals surface area contributed by atoms with Gasteiger partial charge in [0.05, 0.1) is 18.2 Å². The summed E-state index contributed by atoms with van der Waals surface area (Å²) in [6.45, 7) is 3.39. The average molecular weight is 338 g/mol. The van der Waals surface area contributed by atoms with Crippen LogP contribution in [-0.4, -0.2) is 33.3 Å². The van der Waals surface area contributed by atoms with Gasteiger partial charge in [0.2, 0.25) is 0 Å². The van der Waals surface area contributed by atoms with Crippen LogP contribution < -0.4 is 4.18 Å². The van der Waals surface area contributed by atoms with E-state index in [1.807, 2.05) is 0 Å². The van der Waals surface area contributed by atoms with Crippen LogP contribution in [0, 0.1) is 0 Å². The molecule has 0 heterocycles. The van der Waals surface area contributed by atoms with Crippen molar-refractivity contribution in [3.8, 4) is 5.75 Å². The second-order valence-corrected chi connectivity index (χ2v) is 5.36. The van der Waals surface area contributed by atoms with Crippen LogP contribution in [-0.2, 0) is 19.6 Å². The molecule has 6 nitrogen and oxygen atoms in total. The first-order valence-corrected chi connectivity index (χ1v) is 6.82. The molecule has 0 N–H and O–H groups in total. The number of benzene rings is 1. The molecule has 0 atom stereocenters. The van der Waals surface area contributed by atoms with Crippen molar-refractivity contribution in [2.45, 2.75) is 5.51 Å². The van der Waals surface area contributed by atoms with E-state index in [1.165, 1.54) is 0 Å². The predicted molar refractivity (Wildman–Crippen MR) is 68.5 cm³/mol. The molecule has 0 aliphatic heterocycles. The molecule has 22 heavy (non-hydrogen) atoms. The highest BCUT2D eigenvalue weighted by atomic mass is 32.2. The second-order valence-electron chi connectivity index (χ2n) is 3.82. The van der Waals surface area contributed by atoms with E-state index in [0.29, 0.717) is 0 Å². The highest BCUT2D eigenvalue weighted by molar-refractivity contribution is 7.88. The topological polar surface area (TPSA) is 86.7 Å². The van der Waals surface area contributed by atoms with Gasteiger partial charge in [-0.05, 0) is 17.7 Å². The van der Waals surface area contributed by atoms with Crippen LogP contribution in [0.2, 0.25) is 0 Å². The molecular weight excluding hydrogens is 329 g/mol. The van der Waals surface area contributed by atoms with Crippen molar-refractivity contribution in [2.75, 3.05) is 7.11 Å². The number of carbonyl (C=O) groups is 2. The summed E-state index contributed by atoms with van der Waals surface area (Å²) in [5.41, 5.74) is -6.25. The average Bonchev–Trinajstić information content (AvgIpc) is 2.44. The van der Waals surface area contributed by atoms with Crippen molar-refractivity contribution in [3.05, 3.63) is 35.9 Å². The largest absolute Gasteiger partial charge is 0.534 e.